The molecule has 0 spiro atoms. The van der Waals surface area contributed by atoms with Crippen LogP contribution in [0.4, 0.5) is 0 Å². The number of phosphoric acid groups is 1. The van der Waals surface area contributed by atoms with Gasteiger partial charge in [0.05, 0.1) is 27.7 Å². The molecule has 0 aromatic rings. The molecule has 100 heavy (non-hydrogen) atoms. The second-order valence-electron chi connectivity index (χ2n) is 30.5. The van der Waals surface area contributed by atoms with Gasteiger partial charge in [0.1, 0.15) is 19.8 Å². The molecule has 0 aromatic heterocycles. The fraction of sp³-hybridized carbons (Fsp3) is 0.822. The van der Waals surface area contributed by atoms with Gasteiger partial charge in [0.25, 0.3) is 7.82 Å². The van der Waals surface area contributed by atoms with Crippen LogP contribution in [0.1, 0.15) is 425 Å². The summed E-state index contributed by atoms with van der Waals surface area (Å²) in [5.41, 5.74) is 0. The highest BCUT2D eigenvalue weighted by molar-refractivity contribution is 7.45. The van der Waals surface area contributed by atoms with E-state index in [1.54, 1.807) is 0 Å². The Hall–Kier alpha value is -2.81. The molecule has 0 aliphatic heterocycles. The number of carbonyl (C=O) groups excluding carboxylic acids is 2. The summed E-state index contributed by atoms with van der Waals surface area (Å²) >= 11 is 0. The van der Waals surface area contributed by atoms with Crippen molar-refractivity contribution in [3.8, 4) is 0 Å². The van der Waals surface area contributed by atoms with Crippen LogP contribution in [0.15, 0.2) is 85.1 Å². The molecule has 0 fully saturated rings. The third-order valence-corrected chi connectivity index (χ3v) is 20.4. The van der Waals surface area contributed by atoms with Crippen LogP contribution in [0.25, 0.3) is 0 Å². The topological polar surface area (TPSA) is 111 Å². The second-order valence-corrected chi connectivity index (χ2v) is 31.9. The predicted molar refractivity (Wildman–Crippen MR) is 434 cm³/mol. The molecule has 2 atom stereocenters. The molecule has 9 nitrogen and oxygen atoms in total. The number of ether oxygens (including phenoxy) is 2. The quantitative estimate of drug-likeness (QED) is 0.0195. The molecule has 0 N–H and O–H groups in total. The first-order valence-electron chi connectivity index (χ1n) is 43.3. The number of rotatable bonds is 81. The number of quaternary nitrogens is 1. The van der Waals surface area contributed by atoms with Gasteiger partial charge in [-0.15, -0.1) is 0 Å². The second kappa shape index (κ2) is 80.3. The van der Waals surface area contributed by atoms with Crippen molar-refractivity contribution < 1.29 is 42.1 Å². The van der Waals surface area contributed by atoms with Crippen molar-refractivity contribution in [2.75, 3.05) is 47.5 Å². The SMILES string of the molecule is CC/C=C\C/C=C\C/C=C\C/C=C\CCCCCCCCCCCCCCCCCCCCCCCCCCC(=O)OC(COC(=O)CCCCCCCCCCCCCCCCCCCCCCCCCC/C=C\C/C=C\C/C=C\CCCCCCC)COP(=O)([O-])OCC[N+](C)(C)C. The highest BCUT2D eigenvalue weighted by atomic mass is 31.2. The first-order valence-corrected chi connectivity index (χ1v) is 44.8. The van der Waals surface area contributed by atoms with Gasteiger partial charge in [-0.05, 0) is 89.9 Å². The van der Waals surface area contributed by atoms with Crippen molar-refractivity contribution in [2.24, 2.45) is 0 Å². The van der Waals surface area contributed by atoms with Gasteiger partial charge < -0.3 is 27.9 Å². The number of phosphoric ester groups is 1. The smallest absolute Gasteiger partial charge is 0.306 e. The van der Waals surface area contributed by atoms with Gasteiger partial charge in [0.15, 0.2) is 6.10 Å². The maximum absolute atomic E-state index is 12.9. The van der Waals surface area contributed by atoms with Gasteiger partial charge in [-0.1, -0.05) is 407 Å². The molecule has 0 saturated carbocycles. The summed E-state index contributed by atoms with van der Waals surface area (Å²) in [6.07, 6.45) is 112. The third-order valence-electron chi connectivity index (χ3n) is 19.4. The number of hydrogen-bond donors (Lipinski definition) is 0. The molecule has 0 aliphatic carbocycles. The van der Waals surface area contributed by atoms with E-state index < -0.39 is 26.5 Å². The Labute approximate surface area is 621 Å². The number of likely N-dealkylation sites (N-methyl/N-ethyl adjacent to an activating group) is 1. The van der Waals surface area contributed by atoms with Crippen LogP contribution in [-0.2, 0) is 32.7 Å². The average molecular weight is 1420 g/mol. The molecule has 0 saturated heterocycles. The van der Waals surface area contributed by atoms with Gasteiger partial charge in [-0.25, -0.2) is 0 Å². The third kappa shape index (κ3) is 84.1. The highest BCUT2D eigenvalue weighted by Gasteiger charge is 2.22. The largest absolute Gasteiger partial charge is 0.756 e. The van der Waals surface area contributed by atoms with E-state index in [4.69, 9.17) is 18.5 Å². The summed E-state index contributed by atoms with van der Waals surface area (Å²) in [6, 6.07) is 0. The lowest BCUT2D eigenvalue weighted by atomic mass is 10.0. The average Bonchev–Trinajstić information content (AvgIpc) is 1.02. The first-order chi connectivity index (χ1) is 49.0. The van der Waals surface area contributed by atoms with E-state index in [9.17, 15) is 19.0 Å². The van der Waals surface area contributed by atoms with Gasteiger partial charge in [0.2, 0.25) is 0 Å². The van der Waals surface area contributed by atoms with Crippen molar-refractivity contribution in [2.45, 2.75) is 431 Å². The number of esters is 2. The zero-order valence-corrected chi connectivity index (χ0v) is 67.8. The normalized spacial score (nSPS) is 13.4. The number of nitrogens with zero attached hydrogens (tertiary/aromatic N) is 1. The Morgan fingerprint density at radius 1 is 0.320 bits per heavy atom. The Morgan fingerprint density at radius 3 is 0.850 bits per heavy atom. The minimum absolute atomic E-state index is 0.0290. The summed E-state index contributed by atoms with van der Waals surface area (Å²) in [6.45, 7) is 4.18. The number of carbonyl (C=O) groups is 2. The minimum Gasteiger partial charge on any atom is -0.756 e. The van der Waals surface area contributed by atoms with Crippen LogP contribution in [-0.4, -0.2) is 70.0 Å². The predicted octanol–water partition coefficient (Wildman–Crippen LogP) is 28.5. The van der Waals surface area contributed by atoms with E-state index in [2.05, 4.69) is 98.9 Å². The molecule has 0 heterocycles. The summed E-state index contributed by atoms with van der Waals surface area (Å²) < 4.78 is 34.5. The van der Waals surface area contributed by atoms with Gasteiger partial charge >= 0.3 is 11.9 Å². The molecule has 0 radical (unpaired) electrons. The lowest BCUT2D eigenvalue weighted by Gasteiger charge is -2.28. The van der Waals surface area contributed by atoms with Crippen LogP contribution in [0, 0.1) is 0 Å². The molecule has 0 bridgehead atoms. The molecular weight excluding hydrogens is 1250 g/mol. The number of hydrogen-bond acceptors (Lipinski definition) is 8. The van der Waals surface area contributed by atoms with Gasteiger partial charge in [0, 0.05) is 12.8 Å². The minimum atomic E-state index is -4.65. The standard InChI is InChI=1S/C90H166NO8P/c1-6-8-10-12-14-16-18-20-22-24-26-28-30-32-34-36-38-40-42-44-45-47-48-50-52-54-56-58-60-62-64-66-68-70-72-74-76-78-80-82-89(92)96-86-88(87-98-100(94,95)97-85-84-91(3,4)5)99-90(93)83-81-79-77-75-73-71-69-67-65-63-61-59-57-55-53-51-49-46-43-41-39-37-35-33-31-29-27-25-23-21-19-17-15-13-11-9-7-2/h9,11,15,17-18,20-21,23-24,26-27,29-30,32,88H,6-8,10,12-14,16,19,22,25,28,31,33-87H2,1-5H3/b11-9-,17-15-,20-18-,23-21-,26-24-,29-27-,32-30-. The van der Waals surface area contributed by atoms with Crippen molar-refractivity contribution in [1.82, 2.24) is 0 Å². The highest BCUT2D eigenvalue weighted by Crippen LogP contribution is 2.38. The van der Waals surface area contributed by atoms with E-state index in [0.717, 1.165) is 70.6 Å². The maximum Gasteiger partial charge on any atom is 0.306 e. The summed E-state index contributed by atoms with van der Waals surface area (Å²) in [7, 11) is 1.19. The van der Waals surface area contributed by atoms with Crippen LogP contribution in [0.3, 0.4) is 0 Å². The Bertz CT molecular complexity index is 1970. The van der Waals surface area contributed by atoms with Crippen LogP contribution in [0.2, 0.25) is 0 Å². The summed E-state index contributed by atoms with van der Waals surface area (Å²) in [5, 5.41) is 0. The zero-order valence-electron chi connectivity index (χ0n) is 66.9. The van der Waals surface area contributed by atoms with Crippen molar-refractivity contribution in [3.63, 3.8) is 0 Å². The molecular formula is C90H166NO8P. The fourth-order valence-electron chi connectivity index (χ4n) is 12.8. The van der Waals surface area contributed by atoms with Crippen molar-refractivity contribution in [1.29, 1.82) is 0 Å². The summed E-state index contributed by atoms with van der Waals surface area (Å²) in [5.74, 6) is -0.810. The first kappa shape index (κ1) is 97.2. The molecule has 10 heteroatoms. The van der Waals surface area contributed by atoms with E-state index in [1.165, 1.54) is 321 Å². The van der Waals surface area contributed by atoms with Crippen LogP contribution in [0.5, 0.6) is 0 Å². The van der Waals surface area contributed by atoms with Gasteiger partial charge in [-0.3, -0.25) is 14.2 Å². The van der Waals surface area contributed by atoms with Crippen LogP contribution < -0.4 is 4.89 Å². The Kier molecular flexibility index (Phi) is 78.0. The lowest BCUT2D eigenvalue weighted by molar-refractivity contribution is -0.870. The zero-order chi connectivity index (χ0) is 72.5. The van der Waals surface area contributed by atoms with Gasteiger partial charge in [-0.2, -0.15) is 0 Å². The number of allylic oxidation sites excluding steroid dienone is 14. The molecule has 0 aromatic carbocycles. The molecule has 0 rings (SSSR count). The van der Waals surface area contributed by atoms with Crippen molar-refractivity contribution >= 4 is 19.8 Å². The Morgan fingerprint density at radius 2 is 0.570 bits per heavy atom. The molecule has 584 valence electrons. The van der Waals surface area contributed by atoms with E-state index in [1.807, 2.05) is 21.1 Å². The Balaban J connectivity index is 3.87. The van der Waals surface area contributed by atoms with Crippen LogP contribution >= 0.6 is 7.82 Å². The monoisotopic (exact) mass is 1420 g/mol. The fourth-order valence-corrected chi connectivity index (χ4v) is 13.6. The van der Waals surface area contributed by atoms with E-state index in [-0.39, 0.29) is 32.0 Å². The molecule has 2 unspecified atom stereocenters. The molecule has 0 aliphatic rings. The summed E-state index contributed by atoms with van der Waals surface area (Å²) in [4.78, 5) is 38.2. The lowest BCUT2D eigenvalue weighted by Crippen LogP contribution is -2.37. The maximum atomic E-state index is 12.9. The van der Waals surface area contributed by atoms with E-state index in [0.29, 0.717) is 17.4 Å². The molecule has 0 amide bonds. The van der Waals surface area contributed by atoms with E-state index >= 15 is 0 Å². The van der Waals surface area contributed by atoms with Crippen molar-refractivity contribution in [3.05, 3.63) is 85.1 Å². The number of unbranched alkanes of at least 4 members (excludes halogenated alkanes) is 53.